The van der Waals surface area contributed by atoms with Crippen molar-refractivity contribution in [2.75, 3.05) is 13.7 Å². The van der Waals surface area contributed by atoms with Crippen LogP contribution in [0.2, 0.25) is 0 Å². The normalized spacial score (nSPS) is 41.1. The van der Waals surface area contributed by atoms with Crippen LogP contribution in [0.1, 0.15) is 19.3 Å². The summed E-state index contributed by atoms with van der Waals surface area (Å²) in [5.74, 6) is 1.95. The molecule has 3 saturated carbocycles. The first kappa shape index (κ1) is 12.0. The van der Waals surface area contributed by atoms with E-state index in [1.54, 1.807) is 0 Å². The summed E-state index contributed by atoms with van der Waals surface area (Å²) in [5.41, 5.74) is 0. The van der Waals surface area contributed by atoms with Crippen molar-refractivity contribution >= 4 is 11.9 Å². The van der Waals surface area contributed by atoms with E-state index < -0.39 is 18.6 Å². The van der Waals surface area contributed by atoms with Gasteiger partial charge in [0.2, 0.25) is 5.91 Å². The summed E-state index contributed by atoms with van der Waals surface area (Å²) >= 11 is 0. The first-order valence-corrected chi connectivity index (χ1v) is 6.66. The maximum atomic E-state index is 12.1. The lowest BCUT2D eigenvalue weighted by Crippen LogP contribution is -2.45. The molecule has 0 heterocycles. The molecule has 5 atom stereocenters. The van der Waals surface area contributed by atoms with Crippen molar-refractivity contribution in [1.82, 2.24) is 5.32 Å². The third-order valence-corrected chi connectivity index (χ3v) is 5.02. The lowest BCUT2D eigenvalue weighted by Gasteiger charge is -2.15. The first-order chi connectivity index (χ1) is 8.67. The fourth-order valence-corrected chi connectivity index (χ4v) is 4.26. The van der Waals surface area contributed by atoms with E-state index in [0.717, 1.165) is 11.8 Å². The summed E-state index contributed by atoms with van der Waals surface area (Å²) in [7, 11) is 1.25. The van der Waals surface area contributed by atoms with E-state index in [4.69, 9.17) is 5.11 Å². The van der Waals surface area contributed by atoms with Crippen LogP contribution in [0.15, 0.2) is 0 Å². The topological polar surface area (TPSA) is 75.6 Å². The molecule has 5 heteroatoms. The SMILES string of the molecule is COC(=O)[C@H](CO)NC(=O)C1C2C3CCC(C3)C12. The maximum Gasteiger partial charge on any atom is 0.330 e. The zero-order valence-electron chi connectivity index (χ0n) is 10.5. The van der Waals surface area contributed by atoms with Gasteiger partial charge in [-0.1, -0.05) is 0 Å². The standard InChI is InChI=1S/C13H19NO4/c1-18-13(17)8(5-15)14-12(16)11-9-6-2-3-7(4-6)10(9)11/h6-11,15H,2-5H2,1H3,(H,14,16)/t6?,7?,8-,9?,10?,11?/m0/s1. The monoisotopic (exact) mass is 253 g/mol. The zero-order valence-corrected chi connectivity index (χ0v) is 10.5. The molecule has 0 aromatic carbocycles. The molecule has 0 spiro atoms. The molecule has 0 saturated heterocycles. The van der Waals surface area contributed by atoms with Crippen LogP contribution >= 0.6 is 0 Å². The molecule has 0 radical (unpaired) electrons. The summed E-state index contributed by atoms with van der Waals surface area (Å²) in [5, 5.41) is 11.7. The van der Waals surface area contributed by atoms with Gasteiger partial charge in [0, 0.05) is 5.92 Å². The third kappa shape index (κ3) is 1.64. The fourth-order valence-electron chi connectivity index (χ4n) is 4.26. The van der Waals surface area contributed by atoms with Crippen LogP contribution in [0, 0.1) is 29.6 Å². The summed E-state index contributed by atoms with van der Waals surface area (Å²) < 4.78 is 4.54. The van der Waals surface area contributed by atoms with E-state index in [1.807, 2.05) is 0 Å². The Morgan fingerprint density at radius 1 is 1.33 bits per heavy atom. The molecule has 100 valence electrons. The lowest BCUT2D eigenvalue weighted by molar-refractivity contribution is -0.146. The van der Waals surface area contributed by atoms with Gasteiger partial charge >= 0.3 is 5.97 Å². The Hall–Kier alpha value is -1.10. The van der Waals surface area contributed by atoms with Gasteiger partial charge in [-0.25, -0.2) is 4.79 Å². The molecule has 0 aromatic heterocycles. The number of fused-ring (bicyclic) bond motifs is 5. The molecule has 3 rings (SSSR count). The Balaban J connectivity index is 1.59. The minimum Gasteiger partial charge on any atom is -0.467 e. The highest BCUT2D eigenvalue weighted by molar-refractivity contribution is 5.88. The average Bonchev–Trinajstić information content (AvgIpc) is 2.84. The van der Waals surface area contributed by atoms with Crippen molar-refractivity contribution in [2.45, 2.75) is 25.3 Å². The molecule has 0 aliphatic heterocycles. The Labute approximate surface area is 106 Å². The Morgan fingerprint density at radius 2 is 1.94 bits per heavy atom. The number of hydrogen-bond donors (Lipinski definition) is 2. The summed E-state index contributed by atoms with van der Waals surface area (Å²) in [6.45, 7) is -0.409. The number of carbonyl (C=O) groups is 2. The Kier molecular flexibility index (Phi) is 2.81. The predicted molar refractivity (Wildman–Crippen MR) is 62.3 cm³/mol. The number of carbonyl (C=O) groups excluding carboxylic acids is 2. The highest BCUT2D eigenvalue weighted by Gasteiger charge is 2.67. The second-order valence-electron chi connectivity index (χ2n) is 5.78. The number of ether oxygens (including phenoxy) is 1. The number of hydrogen-bond acceptors (Lipinski definition) is 4. The molecular weight excluding hydrogens is 234 g/mol. The number of amides is 1. The van der Waals surface area contributed by atoms with Crippen LogP contribution < -0.4 is 5.32 Å². The number of aliphatic hydroxyl groups is 1. The van der Waals surface area contributed by atoms with E-state index in [-0.39, 0.29) is 11.8 Å². The summed E-state index contributed by atoms with van der Waals surface area (Å²) in [4.78, 5) is 23.4. The molecular formula is C13H19NO4. The van der Waals surface area contributed by atoms with E-state index in [9.17, 15) is 9.59 Å². The molecule has 4 unspecified atom stereocenters. The highest BCUT2D eigenvalue weighted by Crippen LogP contribution is 2.69. The van der Waals surface area contributed by atoms with E-state index in [1.165, 1.54) is 26.4 Å². The fraction of sp³-hybridized carbons (Fsp3) is 0.846. The molecule has 2 N–H and O–H groups in total. The Bertz CT molecular complexity index is 367. The van der Waals surface area contributed by atoms with Crippen LogP contribution in [0.25, 0.3) is 0 Å². The Morgan fingerprint density at radius 3 is 2.44 bits per heavy atom. The van der Waals surface area contributed by atoms with Gasteiger partial charge in [-0.3, -0.25) is 4.79 Å². The van der Waals surface area contributed by atoms with Crippen LogP contribution in [0.5, 0.6) is 0 Å². The van der Waals surface area contributed by atoms with Gasteiger partial charge in [-0.15, -0.1) is 0 Å². The van der Waals surface area contributed by atoms with Crippen molar-refractivity contribution in [1.29, 1.82) is 0 Å². The van der Waals surface area contributed by atoms with Crippen molar-refractivity contribution in [3.63, 3.8) is 0 Å². The zero-order chi connectivity index (χ0) is 12.9. The molecule has 3 fully saturated rings. The van der Waals surface area contributed by atoms with Crippen LogP contribution in [0.4, 0.5) is 0 Å². The number of nitrogens with one attached hydrogen (secondary N) is 1. The van der Waals surface area contributed by atoms with Crippen LogP contribution in [-0.2, 0) is 14.3 Å². The van der Waals surface area contributed by atoms with Gasteiger partial charge < -0.3 is 15.2 Å². The van der Waals surface area contributed by atoms with Crippen molar-refractivity contribution in [3.8, 4) is 0 Å². The average molecular weight is 253 g/mol. The molecule has 3 aliphatic rings. The summed E-state index contributed by atoms with van der Waals surface area (Å²) in [6, 6.07) is -0.915. The summed E-state index contributed by atoms with van der Waals surface area (Å²) in [6.07, 6.45) is 3.81. The molecule has 3 aliphatic carbocycles. The van der Waals surface area contributed by atoms with Gasteiger partial charge in [0.1, 0.15) is 0 Å². The minimum atomic E-state index is -0.915. The van der Waals surface area contributed by atoms with Crippen LogP contribution in [-0.4, -0.2) is 36.7 Å². The van der Waals surface area contributed by atoms with Crippen molar-refractivity contribution < 1.29 is 19.4 Å². The van der Waals surface area contributed by atoms with Crippen molar-refractivity contribution in [3.05, 3.63) is 0 Å². The predicted octanol–water partition coefficient (Wildman–Crippen LogP) is -0.0714. The largest absolute Gasteiger partial charge is 0.467 e. The highest BCUT2D eigenvalue weighted by atomic mass is 16.5. The molecule has 1 amide bonds. The molecule has 0 aromatic rings. The molecule has 18 heavy (non-hydrogen) atoms. The third-order valence-electron chi connectivity index (χ3n) is 5.02. The quantitative estimate of drug-likeness (QED) is 0.688. The smallest absolute Gasteiger partial charge is 0.330 e. The number of rotatable bonds is 4. The second kappa shape index (κ2) is 4.23. The van der Waals surface area contributed by atoms with Gasteiger partial charge in [0.25, 0.3) is 0 Å². The first-order valence-electron chi connectivity index (χ1n) is 6.66. The van der Waals surface area contributed by atoms with Gasteiger partial charge in [-0.2, -0.15) is 0 Å². The van der Waals surface area contributed by atoms with Gasteiger partial charge in [-0.05, 0) is 42.9 Å². The van der Waals surface area contributed by atoms with E-state index in [2.05, 4.69) is 10.1 Å². The number of aliphatic hydroxyl groups excluding tert-OH is 1. The van der Waals surface area contributed by atoms with E-state index in [0.29, 0.717) is 11.8 Å². The number of methoxy groups -OCH3 is 1. The lowest BCUT2D eigenvalue weighted by atomic mass is 10.0. The van der Waals surface area contributed by atoms with Gasteiger partial charge in [0.15, 0.2) is 6.04 Å². The maximum absolute atomic E-state index is 12.1. The minimum absolute atomic E-state index is 0.0777. The molecule has 2 bridgehead atoms. The van der Waals surface area contributed by atoms with Crippen molar-refractivity contribution in [2.24, 2.45) is 29.6 Å². The van der Waals surface area contributed by atoms with Gasteiger partial charge in [0.05, 0.1) is 13.7 Å². The van der Waals surface area contributed by atoms with Crippen LogP contribution in [0.3, 0.4) is 0 Å². The van der Waals surface area contributed by atoms with E-state index >= 15 is 0 Å². The second-order valence-corrected chi connectivity index (χ2v) is 5.78. The number of esters is 1. The molecule has 5 nitrogen and oxygen atoms in total.